The Kier molecular flexibility index (Phi) is 7.42. The van der Waals surface area contributed by atoms with Crippen molar-refractivity contribution in [2.45, 2.75) is 22.6 Å². The van der Waals surface area contributed by atoms with Crippen molar-refractivity contribution in [2.75, 3.05) is 24.7 Å². The normalized spacial score (nSPS) is 21.2. The Morgan fingerprint density at radius 1 is 1.26 bits per heavy atom. The van der Waals surface area contributed by atoms with Crippen LogP contribution in [-0.2, 0) is 26.2 Å². The molecule has 0 aliphatic carbocycles. The summed E-state index contributed by atoms with van der Waals surface area (Å²) in [7, 11) is 1.66. The van der Waals surface area contributed by atoms with E-state index in [0.29, 0.717) is 22.0 Å². The second kappa shape index (κ2) is 10.9. The lowest BCUT2D eigenvalue weighted by Gasteiger charge is -2.49. The summed E-state index contributed by atoms with van der Waals surface area (Å²) >= 11 is 2.57. The molecule has 2 aromatic rings. The van der Waals surface area contributed by atoms with Gasteiger partial charge in [0, 0.05) is 18.6 Å². The monoisotopic (exact) mass is 574 g/mol. The molecule has 3 aliphatic rings. The number of rotatable bonds is 8. The van der Waals surface area contributed by atoms with Crippen molar-refractivity contribution in [1.29, 1.82) is 0 Å². The zero-order chi connectivity index (χ0) is 27.7. The van der Waals surface area contributed by atoms with Gasteiger partial charge in [-0.05, 0) is 21.6 Å². The summed E-state index contributed by atoms with van der Waals surface area (Å²) in [6, 6.07) is 5.31. The van der Waals surface area contributed by atoms with Crippen LogP contribution in [-0.4, -0.2) is 101 Å². The summed E-state index contributed by atoms with van der Waals surface area (Å²) in [5.41, 5.74) is 0.832. The van der Waals surface area contributed by atoms with E-state index in [0.717, 1.165) is 4.90 Å². The predicted octanol–water partition coefficient (Wildman–Crippen LogP) is -0.0561. The van der Waals surface area contributed by atoms with Gasteiger partial charge in [0.15, 0.2) is 0 Å². The summed E-state index contributed by atoms with van der Waals surface area (Å²) in [5, 5.41) is 26.1. The van der Waals surface area contributed by atoms with Gasteiger partial charge in [0.2, 0.25) is 11.1 Å². The molecule has 3 N–H and O–H groups in total. The number of benzene rings is 1. The molecule has 0 bridgehead atoms. The number of tetrazole rings is 1. The molecule has 2 saturated heterocycles. The fourth-order valence-electron chi connectivity index (χ4n) is 4.25. The lowest BCUT2D eigenvalue weighted by Crippen LogP contribution is -2.71. The number of nitrogens with zero attached hydrogens (tertiary/aromatic N) is 6. The fraction of sp³-hybridized carbons (Fsp3) is 0.364. The maximum atomic E-state index is 13.4. The highest BCUT2D eigenvalue weighted by Gasteiger charge is 2.54. The number of β-lactam (4-membered cyclic amide) rings is 1. The SMILES string of the molecule is Cn1nnnc1SCC1=C(C(=O)O)N2C(=O)C(NC(=O)C(NC(=O)N3CCOC3=O)c3ccccc3)[C@@H]2SC1. The van der Waals surface area contributed by atoms with Gasteiger partial charge in [-0.1, -0.05) is 42.1 Å². The van der Waals surface area contributed by atoms with Crippen LogP contribution >= 0.6 is 23.5 Å². The molecule has 3 atom stereocenters. The van der Waals surface area contributed by atoms with Gasteiger partial charge in [-0.25, -0.2) is 24.0 Å². The van der Waals surface area contributed by atoms with Crippen molar-refractivity contribution in [2.24, 2.45) is 7.05 Å². The van der Waals surface area contributed by atoms with Crippen molar-refractivity contribution < 1.29 is 33.8 Å². The van der Waals surface area contributed by atoms with Crippen LogP contribution in [0.3, 0.4) is 0 Å². The molecule has 17 heteroatoms. The first kappa shape index (κ1) is 26.5. The molecule has 15 nitrogen and oxygen atoms in total. The lowest BCUT2D eigenvalue weighted by molar-refractivity contribution is -0.151. The number of carboxylic acids is 1. The highest BCUT2D eigenvalue weighted by molar-refractivity contribution is 8.01. The predicted molar refractivity (Wildman–Crippen MR) is 135 cm³/mol. The van der Waals surface area contributed by atoms with Crippen molar-refractivity contribution >= 4 is 53.4 Å². The molecule has 5 rings (SSSR count). The molecule has 204 valence electrons. The summed E-state index contributed by atoms with van der Waals surface area (Å²) in [6.07, 6.45) is -0.819. The van der Waals surface area contributed by atoms with Gasteiger partial charge in [0.25, 0.3) is 5.91 Å². The van der Waals surface area contributed by atoms with E-state index >= 15 is 0 Å². The van der Waals surface area contributed by atoms with Gasteiger partial charge in [-0.3, -0.25) is 14.5 Å². The highest BCUT2D eigenvalue weighted by Crippen LogP contribution is 2.41. The number of aryl methyl sites for hydroxylation is 1. The van der Waals surface area contributed by atoms with Crippen LogP contribution in [0.15, 0.2) is 46.8 Å². The number of carbonyl (C=O) groups excluding carboxylic acids is 4. The smallest absolute Gasteiger partial charge is 0.418 e. The maximum Gasteiger partial charge on any atom is 0.418 e. The number of fused-ring (bicyclic) bond motifs is 1. The molecule has 1 aromatic carbocycles. The van der Waals surface area contributed by atoms with Crippen LogP contribution in [0.25, 0.3) is 0 Å². The second-order valence-electron chi connectivity index (χ2n) is 8.59. The number of imide groups is 1. The molecule has 2 fully saturated rings. The lowest BCUT2D eigenvalue weighted by atomic mass is 10.0. The molecule has 2 unspecified atom stereocenters. The molecule has 0 saturated carbocycles. The van der Waals surface area contributed by atoms with Gasteiger partial charge in [0.05, 0.1) is 6.54 Å². The summed E-state index contributed by atoms with van der Waals surface area (Å²) in [5.74, 6) is -1.94. The third kappa shape index (κ3) is 5.14. The molecule has 0 radical (unpaired) electrons. The fourth-order valence-corrected chi connectivity index (χ4v) is 6.59. The van der Waals surface area contributed by atoms with E-state index in [9.17, 15) is 29.1 Å². The number of aromatic nitrogens is 4. The third-order valence-corrected chi connectivity index (χ3v) is 8.61. The number of carboxylic acid groups (broad SMARTS) is 1. The number of thioether (sulfide) groups is 2. The van der Waals surface area contributed by atoms with Crippen LogP contribution in [0.4, 0.5) is 9.59 Å². The minimum atomic E-state index is -1.25. The number of ether oxygens (including phenoxy) is 1. The average molecular weight is 575 g/mol. The van der Waals surface area contributed by atoms with E-state index in [1.54, 1.807) is 37.4 Å². The van der Waals surface area contributed by atoms with Gasteiger partial charge in [-0.15, -0.1) is 16.9 Å². The number of aliphatic carboxylic acids is 1. The molecule has 4 heterocycles. The first-order valence-electron chi connectivity index (χ1n) is 11.6. The van der Waals surface area contributed by atoms with Crippen LogP contribution < -0.4 is 10.6 Å². The minimum Gasteiger partial charge on any atom is -0.477 e. The zero-order valence-corrected chi connectivity index (χ0v) is 22.0. The quantitative estimate of drug-likeness (QED) is 0.282. The first-order valence-corrected chi connectivity index (χ1v) is 13.6. The van der Waals surface area contributed by atoms with E-state index in [1.165, 1.54) is 33.1 Å². The third-order valence-electron chi connectivity index (χ3n) is 6.17. The standard InChI is InChI=1S/C22H22N8O7S2/c1-28-21(25-26-27-28)39-10-12-9-38-18-14(17(32)30(18)15(12)19(33)34)23-16(31)13(11-5-3-2-4-6-11)24-20(35)29-7-8-37-22(29)36/h2-6,13-14,18H,7-10H2,1H3,(H,23,31)(H,24,35)(H,33,34)/t13?,14?,18-/m0/s1. The number of urea groups is 1. The Morgan fingerprint density at radius 3 is 2.67 bits per heavy atom. The maximum absolute atomic E-state index is 13.4. The summed E-state index contributed by atoms with van der Waals surface area (Å²) in [4.78, 5) is 65.1. The largest absolute Gasteiger partial charge is 0.477 e. The van der Waals surface area contributed by atoms with Crippen molar-refractivity contribution in [3.8, 4) is 0 Å². The molecular formula is C22H22N8O7S2. The Bertz CT molecular complexity index is 1370. The van der Waals surface area contributed by atoms with Crippen LogP contribution in [0.2, 0.25) is 0 Å². The van der Waals surface area contributed by atoms with Crippen LogP contribution in [0.1, 0.15) is 11.6 Å². The number of amides is 5. The molecule has 0 spiro atoms. The van der Waals surface area contributed by atoms with E-state index in [4.69, 9.17) is 4.74 Å². The Labute approximate surface area is 229 Å². The topological polar surface area (TPSA) is 189 Å². The van der Waals surface area contributed by atoms with Gasteiger partial charge in [-0.2, -0.15) is 0 Å². The van der Waals surface area contributed by atoms with E-state index < -0.39 is 47.4 Å². The molecular weight excluding hydrogens is 552 g/mol. The summed E-state index contributed by atoms with van der Waals surface area (Å²) in [6.45, 7) is 0.0931. The van der Waals surface area contributed by atoms with Gasteiger partial charge >= 0.3 is 18.1 Å². The molecule has 5 amide bonds. The van der Waals surface area contributed by atoms with Crippen molar-refractivity contribution in [1.82, 2.24) is 40.6 Å². The average Bonchev–Trinajstić information content (AvgIpc) is 3.55. The van der Waals surface area contributed by atoms with E-state index in [1.807, 2.05) is 0 Å². The number of carbonyl (C=O) groups is 5. The Morgan fingerprint density at radius 2 is 2.03 bits per heavy atom. The number of cyclic esters (lactones) is 1. The second-order valence-corrected chi connectivity index (χ2v) is 10.6. The number of hydrogen-bond donors (Lipinski definition) is 3. The zero-order valence-electron chi connectivity index (χ0n) is 20.3. The number of nitrogens with one attached hydrogen (secondary N) is 2. The van der Waals surface area contributed by atoms with Gasteiger partial charge in [0.1, 0.15) is 29.8 Å². The van der Waals surface area contributed by atoms with Crippen LogP contribution in [0.5, 0.6) is 0 Å². The van der Waals surface area contributed by atoms with Crippen LogP contribution in [0, 0.1) is 0 Å². The number of hydrogen-bond acceptors (Lipinski definition) is 11. The molecule has 3 aliphatic heterocycles. The Balaban J connectivity index is 1.30. The molecule has 1 aromatic heterocycles. The van der Waals surface area contributed by atoms with E-state index in [-0.39, 0.29) is 24.6 Å². The first-order chi connectivity index (χ1) is 18.8. The Hall–Kier alpha value is -4.12. The summed E-state index contributed by atoms with van der Waals surface area (Å²) < 4.78 is 6.25. The van der Waals surface area contributed by atoms with E-state index in [2.05, 4.69) is 26.2 Å². The molecule has 39 heavy (non-hydrogen) atoms. The minimum absolute atomic E-state index is 0.0423. The van der Waals surface area contributed by atoms with Gasteiger partial charge < -0.3 is 20.5 Å². The highest BCUT2D eigenvalue weighted by atomic mass is 32.2. The van der Waals surface area contributed by atoms with Crippen molar-refractivity contribution in [3.63, 3.8) is 0 Å². The van der Waals surface area contributed by atoms with Crippen molar-refractivity contribution in [3.05, 3.63) is 47.2 Å².